The van der Waals surface area contributed by atoms with Crippen LogP contribution in [0, 0.1) is 0 Å². The largest absolute Gasteiger partial charge is 0.493 e. The number of carbonyl (C=O) groups excluding carboxylic acids is 2. The molecule has 0 aliphatic heterocycles. The van der Waals surface area contributed by atoms with Crippen LogP contribution >= 0.6 is 0 Å². The minimum atomic E-state index is -1.38. The lowest BCUT2D eigenvalue weighted by Crippen LogP contribution is -2.18. The molecule has 6 heteroatoms. The zero-order chi connectivity index (χ0) is 15.3. The van der Waals surface area contributed by atoms with Crippen LogP contribution < -0.4 is 9.47 Å². The standard InChI is InChI=1S/C14H17FO5/c1-5-20-14(17)12(16)9-6-10(8(2)15)13(19-4)11(7-9)18-3/h6-8H,5H2,1-4H3. The number of hydrogen-bond acceptors (Lipinski definition) is 5. The first-order valence-electron chi connectivity index (χ1n) is 6.07. The second-order valence-electron chi connectivity index (χ2n) is 3.97. The summed E-state index contributed by atoms with van der Waals surface area (Å²) in [6.45, 7) is 2.98. The van der Waals surface area contributed by atoms with Gasteiger partial charge in [0.1, 0.15) is 6.17 Å². The molecule has 0 spiro atoms. The maximum Gasteiger partial charge on any atom is 0.379 e. The van der Waals surface area contributed by atoms with Crippen molar-refractivity contribution in [3.63, 3.8) is 0 Å². The van der Waals surface area contributed by atoms with E-state index in [1.54, 1.807) is 6.92 Å². The Kier molecular flexibility index (Phi) is 5.49. The summed E-state index contributed by atoms with van der Waals surface area (Å²) in [6, 6.07) is 2.59. The minimum Gasteiger partial charge on any atom is -0.493 e. The molecule has 0 amide bonds. The van der Waals surface area contributed by atoms with Crippen LogP contribution in [0.4, 0.5) is 4.39 Å². The van der Waals surface area contributed by atoms with Crippen LogP contribution in [0.2, 0.25) is 0 Å². The molecule has 0 bridgehead atoms. The number of hydrogen-bond donors (Lipinski definition) is 0. The first-order valence-corrected chi connectivity index (χ1v) is 6.07. The number of methoxy groups -OCH3 is 2. The molecule has 0 aromatic heterocycles. The number of Topliss-reactive ketones (excluding diaryl/α,β-unsaturated/α-hetero) is 1. The SMILES string of the molecule is CCOC(=O)C(=O)c1cc(OC)c(OC)c(C(C)F)c1. The molecule has 20 heavy (non-hydrogen) atoms. The van der Waals surface area contributed by atoms with Crippen LogP contribution in [0.5, 0.6) is 11.5 Å². The van der Waals surface area contributed by atoms with Gasteiger partial charge in [0.25, 0.3) is 5.78 Å². The highest BCUT2D eigenvalue weighted by atomic mass is 19.1. The number of halogens is 1. The molecule has 0 fully saturated rings. The van der Waals surface area contributed by atoms with E-state index in [1.807, 2.05) is 0 Å². The van der Waals surface area contributed by atoms with E-state index in [0.29, 0.717) is 0 Å². The van der Waals surface area contributed by atoms with Gasteiger partial charge in [0.05, 0.1) is 20.8 Å². The Labute approximate surface area is 116 Å². The van der Waals surface area contributed by atoms with Crippen LogP contribution in [-0.2, 0) is 9.53 Å². The van der Waals surface area contributed by atoms with Gasteiger partial charge in [-0.2, -0.15) is 0 Å². The Balaban J connectivity index is 3.32. The predicted octanol–water partition coefficient (Wildman–Crippen LogP) is 2.48. The van der Waals surface area contributed by atoms with Crippen molar-refractivity contribution in [1.82, 2.24) is 0 Å². The average molecular weight is 284 g/mol. The van der Waals surface area contributed by atoms with Gasteiger partial charge in [0.15, 0.2) is 11.5 Å². The highest BCUT2D eigenvalue weighted by Crippen LogP contribution is 2.37. The summed E-state index contributed by atoms with van der Waals surface area (Å²) in [5.41, 5.74) is 0.139. The van der Waals surface area contributed by atoms with Gasteiger partial charge in [-0.25, -0.2) is 9.18 Å². The number of esters is 1. The maximum absolute atomic E-state index is 13.6. The topological polar surface area (TPSA) is 61.8 Å². The number of ketones is 1. The zero-order valence-corrected chi connectivity index (χ0v) is 11.9. The van der Waals surface area contributed by atoms with Crippen molar-refractivity contribution in [2.75, 3.05) is 20.8 Å². The Bertz CT molecular complexity index is 511. The summed E-state index contributed by atoms with van der Waals surface area (Å²) in [5.74, 6) is -1.46. The van der Waals surface area contributed by atoms with Gasteiger partial charge in [-0.1, -0.05) is 0 Å². The van der Waals surface area contributed by atoms with Crippen LogP contribution in [0.15, 0.2) is 12.1 Å². The molecule has 0 saturated carbocycles. The zero-order valence-electron chi connectivity index (χ0n) is 11.9. The summed E-state index contributed by atoms with van der Waals surface area (Å²) in [4.78, 5) is 23.3. The molecule has 0 heterocycles. The average Bonchev–Trinajstić information content (AvgIpc) is 2.44. The van der Waals surface area contributed by atoms with E-state index < -0.39 is 17.9 Å². The molecule has 1 rings (SSSR count). The summed E-state index contributed by atoms with van der Waals surface area (Å²) < 4.78 is 28.4. The fourth-order valence-electron chi connectivity index (χ4n) is 1.73. The van der Waals surface area contributed by atoms with Crippen molar-refractivity contribution in [3.05, 3.63) is 23.3 Å². The van der Waals surface area contributed by atoms with Crippen molar-refractivity contribution >= 4 is 11.8 Å². The van der Waals surface area contributed by atoms with E-state index in [1.165, 1.54) is 33.3 Å². The van der Waals surface area contributed by atoms with Crippen LogP contribution in [0.3, 0.4) is 0 Å². The van der Waals surface area contributed by atoms with Gasteiger partial charge in [0, 0.05) is 11.1 Å². The summed E-state index contributed by atoms with van der Waals surface area (Å²) >= 11 is 0. The van der Waals surface area contributed by atoms with E-state index >= 15 is 0 Å². The van der Waals surface area contributed by atoms with Gasteiger partial charge in [0.2, 0.25) is 0 Å². The van der Waals surface area contributed by atoms with Crippen LogP contribution in [0.25, 0.3) is 0 Å². The van der Waals surface area contributed by atoms with Crippen molar-refractivity contribution in [3.8, 4) is 11.5 Å². The van der Waals surface area contributed by atoms with Crippen LogP contribution in [0.1, 0.15) is 35.9 Å². The lowest BCUT2D eigenvalue weighted by atomic mass is 10.0. The summed E-state index contributed by atoms with van der Waals surface area (Å²) in [5, 5.41) is 0. The molecule has 110 valence electrons. The van der Waals surface area contributed by atoms with E-state index in [-0.39, 0.29) is 29.2 Å². The van der Waals surface area contributed by atoms with E-state index in [2.05, 4.69) is 4.74 Å². The Morgan fingerprint density at radius 2 is 1.90 bits per heavy atom. The summed E-state index contributed by atoms with van der Waals surface area (Å²) in [7, 11) is 2.74. The first kappa shape index (κ1) is 15.9. The van der Waals surface area contributed by atoms with Gasteiger partial charge in [-0.3, -0.25) is 4.79 Å². The van der Waals surface area contributed by atoms with E-state index in [0.717, 1.165) is 0 Å². The summed E-state index contributed by atoms with van der Waals surface area (Å²) in [6.07, 6.45) is -1.38. The van der Waals surface area contributed by atoms with Crippen molar-refractivity contribution in [2.45, 2.75) is 20.0 Å². The predicted molar refractivity (Wildman–Crippen MR) is 70.0 cm³/mol. The van der Waals surface area contributed by atoms with E-state index in [4.69, 9.17) is 9.47 Å². The Morgan fingerprint density at radius 1 is 1.25 bits per heavy atom. The fourth-order valence-corrected chi connectivity index (χ4v) is 1.73. The smallest absolute Gasteiger partial charge is 0.379 e. The molecule has 0 radical (unpaired) electrons. The molecule has 1 unspecified atom stereocenters. The normalized spacial score (nSPS) is 11.7. The first-order chi connectivity index (χ1) is 9.46. The number of alkyl halides is 1. The van der Waals surface area contributed by atoms with Crippen LogP contribution in [-0.4, -0.2) is 32.6 Å². The van der Waals surface area contributed by atoms with Gasteiger partial charge >= 0.3 is 5.97 Å². The lowest BCUT2D eigenvalue weighted by Gasteiger charge is -2.15. The number of carbonyl (C=O) groups is 2. The van der Waals surface area contributed by atoms with Crippen molar-refractivity contribution < 1.29 is 28.2 Å². The molecule has 1 aromatic rings. The fraction of sp³-hybridized carbons (Fsp3) is 0.429. The monoisotopic (exact) mass is 284 g/mol. The quantitative estimate of drug-likeness (QED) is 0.456. The molecule has 0 aliphatic carbocycles. The molecule has 0 saturated heterocycles. The number of benzene rings is 1. The minimum absolute atomic E-state index is 0.000556. The molecule has 1 aromatic carbocycles. The van der Waals surface area contributed by atoms with Gasteiger partial charge in [-0.05, 0) is 26.0 Å². The van der Waals surface area contributed by atoms with Gasteiger partial charge < -0.3 is 14.2 Å². The number of rotatable bonds is 6. The second kappa shape index (κ2) is 6.88. The molecule has 5 nitrogen and oxygen atoms in total. The third kappa shape index (κ3) is 3.26. The lowest BCUT2D eigenvalue weighted by molar-refractivity contribution is -0.137. The third-order valence-electron chi connectivity index (χ3n) is 2.66. The van der Waals surface area contributed by atoms with Crippen molar-refractivity contribution in [1.29, 1.82) is 0 Å². The third-order valence-corrected chi connectivity index (χ3v) is 2.66. The Hall–Kier alpha value is -2.11. The Morgan fingerprint density at radius 3 is 2.35 bits per heavy atom. The highest BCUT2D eigenvalue weighted by molar-refractivity contribution is 6.40. The highest BCUT2D eigenvalue weighted by Gasteiger charge is 2.23. The second-order valence-corrected chi connectivity index (χ2v) is 3.97. The molecule has 0 N–H and O–H groups in total. The van der Waals surface area contributed by atoms with Crippen molar-refractivity contribution in [2.24, 2.45) is 0 Å². The number of ether oxygens (including phenoxy) is 3. The molecule has 1 atom stereocenters. The van der Waals surface area contributed by atoms with E-state index in [9.17, 15) is 14.0 Å². The maximum atomic E-state index is 13.6. The molecule has 0 aliphatic rings. The molecular formula is C14H17FO5. The molecular weight excluding hydrogens is 267 g/mol. The van der Waals surface area contributed by atoms with Gasteiger partial charge in [-0.15, -0.1) is 0 Å².